The quantitative estimate of drug-likeness (QED) is 0.644. The Balaban J connectivity index is 2.57. The largest absolute Gasteiger partial charge is 0.372 e. The van der Waals surface area contributed by atoms with Gasteiger partial charge >= 0.3 is 0 Å². The third-order valence-corrected chi connectivity index (χ3v) is 3.78. The Bertz CT molecular complexity index is 530. The predicted octanol–water partition coefficient (Wildman–Crippen LogP) is -0.208. The Morgan fingerprint density at radius 2 is 2.16 bits per heavy atom. The van der Waals surface area contributed by atoms with Gasteiger partial charge in [0.15, 0.2) is 0 Å². The van der Waals surface area contributed by atoms with Gasteiger partial charge in [0.25, 0.3) is 5.91 Å². The van der Waals surface area contributed by atoms with E-state index in [1.807, 2.05) is 0 Å². The number of carbonyl (C=O) groups excluding carboxylic acids is 1. The van der Waals surface area contributed by atoms with Crippen molar-refractivity contribution in [1.29, 1.82) is 0 Å². The second-order valence-electron chi connectivity index (χ2n) is 3.72. The van der Waals surface area contributed by atoms with Gasteiger partial charge in [0, 0.05) is 26.3 Å². The molecule has 0 aliphatic rings. The maximum atomic E-state index is 11.9. The van der Waals surface area contributed by atoms with Gasteiger partial charge in [0.2, 0.25) is 10.0 Å². The smallest absolute Gasteiger partial charge is 0.255 e. The second kappa shape index (κ2) is 7.05. The lowest BCUT2D eigenvalue weighted by molar-refractivity contribution is 0.0956. The van der Waals surface area contributed by atoms with Crippen LogP contribution in [0.15, 0.2) is 18.3 Å². The van der Waals surface area contributed by atoms with Crippen molar-refractivity contribution in [1.82, 2.24) is 15.0 Å². The zero-order chi connectivity index (χ0) is 14.3. The number of hydrogen-bond donors (Lipinski definition) is 3. The summed E-state index contributed by atoms with van der Waals surface area (Å²) in [6, 6.07) is 3.26. The number of hydrogen-bond acceptors (Lipinski definition) is 5. The van der Waals surface area contributed by atoms with Gasteiger partial charge in [0.05, 0.1) is 11.3 Å². The SMILES string of the molecule is CCNS(=O)(=O)CCNC(=O)c1cccnc1NC. The molecule has 0 bridgehead atoms. The molecule has 19 heavy (non-hydrogen) atoms. The molecular weight excluding hydrogens is 268 g/mol. The van der Waals surface area contributed by atoms with Crippen LogP contribution in [0.4, 0.5) is 5.82 Å². The van der Waals surface area contributed by atoms with Crippen LogP contribution in [0, 0.1) is 0 Å². The fourth-order valence-electron chi connectivity index (χ4n) is 1.47. The molecule has 8 heteroatoms. The molecule has 106 valence electrons. The lowest BCUT2D eigenvalue weighted by Crippen LogP contribution is -2.34. The number of amides is 1. The molecule has 0 aromatic carbocycles. The minimum atomic E-state index is -3.32. The summed E-state index contributed by atoms with van der Waals surface area (Å²) >= 11 is 0. The van der Waals surface area contributed by atoms with Crippen LogP contribution in [0.25, 0.3) is 0 Å². The van der Waals surface area contributed by atoms with Crippen molar-refractivity contribution in [2.75, 3.05) is 31.2 Å². The van der Waals surface area contributed by atoms with Gasteiger partial charge in [0.1, 0.15) is 5.82 Å². The Labute approximate surface area is 112 Å². The molecule has 0 aliphatic carbocycles. The van der Waals surface area contributed by atoms with Crippen LogP contribution >= 0.6 is 0 Å². The molecule has 1 aromatic rings. The lowest BCUT2D eigenvalue weighted by Gasteiger charge is -2.09. The van der Waals surface area contributed by atoms with Crippen LogP contribution in [0.2, 0.25) is 0 Å². The second-order valence-corrected chi connectivity index (χ2v) is 5.65. The third kappa shape index (κ3) is 4.84. The summed E-state index contributed by atoms with van der Waals surface area (Å²) in [7, 11) is -1.66. The molecular formula is C11H18N4O3S. The number of nitrogens with zero attached hydrogens (tertiary/aromatic N) is 1. The minimum absolute atomic E-state index is 0.0478. The van der Waals surface area contributed by atoms with Crippen molar-refractivity contribution in [2.45, 2.75) is 6.92 Å². The Kier molecular flexibility index (Phi) is 5.71. The van der Waals surface area contributed by atoms with Crippen molar-refractivity contribution in [3.8, 4) is 0 Å². The monoisotopic (exact) mass is 286 g/mol. The predicted molar refractivity (Wildman–Crippen MR) is 73.6 cm³/mol. The Morgan fingerprint density at radius 1 is 1.42 bits per heavy atom. The number of anilines is 1. The summed E-state index contributed by atoms with van der Waals surface area (Å²) in [6.45, 7) is 2.08. The van der Waals surface area contributed by atoms with E-state index in [0.717, 1.165) is 0 Å². The molecule has 1 aromatic heterocycles. The first kappa shape index (κ1) is 15.4. The first-order valence-corrected chi connectivity index (χ1v) is 7.53. The third-order valence-electron chi connectivity index (χ3n) is 2.31. The molecule has 1 heterocycles. The van der Waals surface area contributed by atoms with E-state index >= 15 is 0 Å². The van der Waals surface area contributed by atoms with Crippen LogP contribution in [0.1, 0.15) is 17.3 Å². The van der Waals surface area contributed by atoms with Crippen molar-refractivity contribution >= 4 is 21.7 Å². The average Bonchev–Trinajstić information content (AvgIpc) is 2.38. The van der Waals surface area contributed by atoms with E-state index in [0.29, 0.717) is 17.9 Å². The summed E-state index contributed by atoms with van der Waals surface area (Å²) in [4.78, 5) is 15.9. The van der Waals surface area contributed by atoms with Crippen LogP contribution in [-0.4, -0.2) is 45.2 Å². The molecule has 1 rings (SSSR count). The number of carbonyl (C=O) groups is 1. The number of pyridine rings is 1. The minimum Gasteiger partial charge on any atom is -0.372 e. The average molecular weight is 286 g/mol. The molecule has 0 fully saturated rings. The zero-order valence-electron chi connectivity index (χ0n) is 10.9. The molecule has 0 saturated heterocycles. The highest BCUT2D eigenvalue weighted by Crippen LogP contribution is 2.09. The van der Waals surface area contributed by atoms with Crippen LogP contribution < -0.4 is 15.4 Å². The first-order valence-electron chi connectivity index (χ1n) is 5.88. The van der Waals surface area contributed by atoms with E-state index in [2.05, 4.69) is 20.3 Å². The van der Waals surface area contributed by atoms with Gasteiger partial charge in [-0.05, 0) is 12.1 Å². The Morgan fingerprint density at radius 3 is 2.79 bits per heavy atom. The van der Waals surface area contributed by atoms with Crippen molar-refractivity contribution in [3.05, 3.63) is 23.9 Å². The van der Waals surface area contributed by atoms with E-state index in [1.54, 1.807) is 32.3 Å². The maximum absolute atomic E-state index is 11.9. The topological polar surface area (TPSA) is 100 Å². The number of sulfonamides is 1. The van der Waals surface area contributed by atoms with Crippen LogP contribution in [0.5, 0.6) is 0 Å². The molecule has 1 amide bonds. The van der Waals surface area contributed by atoms with Crippen molar-refractivity contribution in [3.63, 3.8) is 0 Å². The normalized spacial score (nSPS) is 11.1. The highest BCUT2D eigenvalue weighted by atomic mass is 32.2. The van der Waals surface area contributed by atoms with Gasteiger partial charge in [-0.15, -0.1) is 0 Å². The standard InChI is InChI=1S/C11H18N4O3S/c1-3-15-19(17,18)8-7-14-11(16)9-5-4-6-13-10(9)12-2/h4-6,15H,3,7-8H2,1-2H3,(H,12,13)(H,14,16). The Hall–Kier alpha value is -1.67. The summed E-state index contributed by atoms with van der Waals surface area (Å²) in [5.41, 5.74) is 0.380. The van der Waals surface area contributed by atoms with Gasteiger partial charge < -0.3 is 10.6 Å². The van der Waals surface area contributed by atoms with Gasteiger partial charge in [-0.25, -0.2) is 18.1 Å². The molecule has 0 unspecified atom stereocenters. The summed E-state index contributed by atoms with van der Waals surface area (Å²) in [5.74, 6) is -0.0551. The lowest BCUT2D eigenvalue weighted by atomic mass is 10.2. The maximum Gasteiger partial charge on any atom is 0.255 e. The van der Waals surface area contributed by atoms with Crippen LogP contribution in [0.3, 0.4) is 0 Å². The molecule has 0 saturated carbocycles. The molecule has 7 nitrogen and oxygen atoms in total. The van der Waals surface area contributed by atoms with Crippen molar-refractivity contribution in [2.24, 2.45) is 0 Å². The zero-order valence-corrected chi connectivity index (χ0v) is 11.8. The van der Waals surface area contributed by atoms with Crippen LogP contribution in [-0.2, 0) is 10.0 Å². The molecule has 0 spiro atoms. The van der Waals surface area contributed by atoms with E-state index < -0.39 is 10.0 Å². The van der Waals surface area contributed by atoms with E-state index in [9.17, 15) is 13.2 Å². The van der Waals surface area contributed by atoms with E-state index in [4.69, 9.17) is 0 Å². The summed E-state index contributed by atoms with van der Waals surface area (Å²) in [5, 5.41) is 5.35. The van der Waals surface area contributed by atoms with Gasteiger partial charge in [-0.2, -0.15) is 0 Å². The van der Waals surface area contributed by atoms with Gasteiger partial charge in [-0.1, -0.05) is 6.92 Å². The highest BCUT2D eigenvalue weighted by Gasteiger charge is 2.13. The molecule has 0 radical (unpaired) electrons. The summed E-state index contributed by atoms with van der Waals surface area (Å²) < 4.78 is 25.1. The molecule has 0 atom stereocenters. The highest BCUT2D eigenvalue weighted by molar-refractivity contribution is 7.89. The molecule has 3 N–H and O–H groups in total. The molecule has 0 aliphatic heterocycles. The first-order chi connectivity index (χ1) is 9.00. The van der Waals surface area contributed by atoms with Gasteiger partial charge in [-0.3, -0.25) is 4.79 Å². The number of nitrogens with one attached hydrogen (secondary N) is 3. The van der Waals surface area contributed by atoms with E-state index in [1.165, 1.54) is 0 Å². The summed E-state index contributed by atoms with van der Waals surface area (Å²) in [6.07, 6.45) is 1.57. The fourth-order valence-corrected chi connectivity index (χ4v) is 2.43. The van der Waals surface area contributed by atoms with Crippen molar-refractivity contribution < 1.29 is 13.2 Å². The van der Waals surface area contributed by atoms with E-state index in [-0.39, 0.29) is 18.2 Å². The number of rotatable bonds is 7. The number of aromatic nitrogens is 1. The fraction of sp³-hybridized carbons (Fsp3) is 0.455.